The van der Waals surface area contributed by atoms with E-state index in [1.807, 2.05) is 13.8 Å². The van der Waals surface area contributed by atoms with Crippen molar-refractivity contribution in [1.29, 1.82) is 0 Å². The average Bonchev–Trinajstić information content (AvgIpc) is 2.18. The molecule has 0 aliphatic rings. The molecule has 0 radical (unpaired) electrons. The summed E-state index contributed by atoms with van der Waals surface area (Å²) >= 11 is 0. The Morgan fingerprint density at radius 3 is 2.20 bits per heavy atom. The lowest BCUT2D eigenvalue weighted by Gasteiger charge is -2.07. The minimum absolute atomic E-state index is 0.0415. The van der Waals surface area contributed by atoms with Crippen molar-refractivity contribution >= 4 is 5.82 Å². The number of hydrogen-bond donors (Lipinski definition) is 2. The van der Waals surface area contributed by atoms with E-state index in [-0.39, 0.29) is 5.82 Å². The van der Waals surface area contributed by atoms with E-state index >= 15 is 0 Å². The van der Waals surface area contributed by atoms with Crippen molar-refractivity contribution in [2.24, 2.45) is 0 Å². The predicted molar refractivity (Wildman–Crippen MR) is 53.0 cm³/mol. The highest BCUT2D eigenvalue weighted by atomic mass is 19.4. The summed E-state index contributed by atoms with van der Waals surface area (Å²) in [4.78, 5) is 12.9. The fraction of sp³-hybridized carbons (Fsp3) is 0.444. The van der Waals surface area contributed by atoms with Crippen molar-refractivity contribution in [3.05, 3.63) is 28.0 Å². The predicted octanol–water partition coefficient (Wildman–Crippen LogP) is 2.46. The number of halogens is 3. The number of pyridine rings is 1. The molecule has 1 aromatic rings. The van der Waals surface area contributed by atoms with Crippen molar-refractivity contribution in [1.82, 2.24) is 4.98 Å². The van der Waals surface area contributed by atoms with Gasteiger partial charge in [-0.05, 0) is 6.07 Å². The number of H-pyrrole nitrogens is 1. The molecule has 86 valence electrons. The second kappa shape index (κ2) is 5.43. The molecule has 6 heteroatoms. The third kappa shape index (κ3) is 4.05. The van der Waals surface area contributed by atoms with Crippen molar-refractivity contribution in [2.75, 3.05) is 12.4 Å². The fourth-order valence-corrected chi connectivity index (χ4v) is 0.842. The van der Waals surface area contributed by atoms with Gasteiger partial charge in [0, 0.05) is 13.1 Å². The van der Waals surface area contributed by atoms with E-state index in [9.17, 15) is 18.0 Å². The molecule has 0 bridgehead atoms. The minimum Gasteiger partial charge on any atom is -0.375 e. The Morgan fingerprint density at radius 1 is 1.27 bits per heavy atom. The van der Waals surface area contributed by atoms with Gasteiger partial charge in [-0.3, -0.25) is 4.79 Å². The molecule has 0 amide bonds. The van der Waals surface area contributed by atoms with Crippen LogP contribution in [0.1, 0.15) is 19.4 Å². The quantitative estimate of drug-likeness (QED) is 0.766. The fourth-order valence-electron chi connectivity index (χ4n) is 0.842. The first-order valence-corrected chi connectivity index (χ1v) is 4.43. The van der Waals surface area contributed by atoms with Gasteiger partial charge in [-0.2, -0.15) is 13.2 Å². The second-order valence-electron chi connectivity index (χ2n) is 2.39. The molecule has 3 nitrogen and oxygen atoms in total. The van der Waals surface area contributed by atoms with Crippen molar-refractivity contribution in [3.63, 3.8) is 0 Å². The molecule has 0 fully saturated rings. The molecule has 2 N–H and O–H groups in total. The topological polar surface area (TPSA) is 44.9 Å². The Labute approximate surface area is 85.3 Å². The van der Waals surface area contributed by atoms with Crippen LogP contribution in [0.25, 0.3) is 0 Å². The molecule has 15 heavy (non-hydrogen) atoms. The number of rotatable bonds is 1. The monoisotopic (exact) mass is 222 g/mol. The van der Waals surface area contributed by atoms with Crippen molar-refractivity contribution in [2.45, 2.75) is 20.0 Å². The third-order valence-electron chi connectivity index (χ3n) is 1.44. The second-order valence-corrected chi connectivity index (χ2v) is 2.39. The summed E-state index contributed by atoms with van der Waals surface area (Å²) < 4.78 is 36.3. The molecule has 0 unspecified atom stereocenters. The minimum atomic E-state index is -4.49. The van der Waals surface area contributed by atoms with E-state index in [2.05, 4.69) is 10.3 Å². The number of anilines is 1. The average molecular weight is 222 g/mol. The summed E-state index contributed by atoms with van der Waals surface area (Å²) in [5.41, 5.74) is -1.74. The number of aromatic amines is 1. The molecule has 1 aromatic heterocycles. The van der Waals surface area contributed by atoms with E-state index in [1.54, 1.807) is 0 Å². The summed E-state index contributed by atoms with van der Waals surface area (Å²) in [6.07, 6.45) is -4.49. The Hall–Kier alpha value is -1.46. The Bertz CT molecular complexity index is 357. The van der Waals surface area contributed by atoms with E-state index in [1.165, 1.54) is 7.05 Å². The molecule has 0 saturated carbocycles. The van der Waals surface area contributed by atoms with Crippen LogP contribution >= 0.6 is 0 Å². The van der Waals surface area contributed by atoms with E-state index in [0.29, 0.717) is 6.07 Å². The first-order valence-electron chi connectivity index (χ1n) is 4.43. The van der Waals surface area contributed by atoms with Gasteiger partial charge in [-0.25, -0.2) is 0 Å². The highest BCUT2D eigenvalue weighted by Gasteiger charge is 2.31. The third-order valence-corrected chi connectivity index (χ3v) is 1.44. The van der Waals surface area contributed by atoms with Crippen molar-refractivity contribution < 1.29 is 13.2 Å². The van der Waals surface area contributed by atoms with E-state index in [0.717, 1.165) is 6.07 Å². The van der Waals surface area contributed by atoms with Crippen LogP contribution in [0, 0.1) is 0 Å². The van der Waals surface area contributed by atoms with Gasteiger partial charge in [-0.15, -0.1) is 0 Å². The Balaban J connectivity index is 0.000000921. The lowest BCUT2D eigenvalue weighted by molar-refractivity contribution is -0.137. The lowest BCUT2D eigenvalue weighted by atomic mass is 10.2. The van der Waals surface area contributed by atoms with Gasteiger partial charge in [0.1, 0.15) is 5.82 Å². The summed E-state index contributed by atoms with van der Waals surface area (Å²) in [6.45, 7) is 4.00. The first-order chi connectivity index (χ1) is 6.93. The summed E-state index contributed by atoms with van der Waals surface area (Å²) in [7, 11) is 1.42. The molecule has 0 aromatic carbocycles. The van der Waals surface area contributed by atoms with Crippen LogP contribution in [0.15, 0.2) is 16.9 Å². The molecule has 0 aliphatic heterocycles. The van der Waals surface area contributed by atoms with Crippen LogP contribution in [-0.4, -0.2) is 12.0 Å². The highest BCUT2D eigenvalue weighted by molar-refractivity contribution is 5.37. The van der Waals surface area contributed by atoms with Gasteiger partial charge in [0.15, 0.2) is 0 Å². The van der Waals surface area contributed by atoms with Crippen LogP contribution in [0.2, 0.25) is 0 Å². The molecule has 1 heterocycles. The van der Waals surface area contributed by atoms with E-state index < -0.39 is 17.3 Å². The van der Waals surface area contributed by atoms with Crippen molar-refractivity contribution in [3.8, 4) is 0 Å². The highest BCUT2D eigenvalue weighted by Crippen LogP contribution is 2.28. The molecule has 1 rings (SSSR count). The SMILES string of the molecule is CC.CNc1cc(C(F)(F)F)cc(=O)[nH]1. The van der Waals surface area contributed by atoms with Gasteiger partial charge in [0.05, 0.1) is 5.56 Å². The lowest BCUT2D eigenvalue weighted by Crippen LogP contribution is -2.14. The summed E-state index contributed by atoms with van der Waals surface area (Å²) in [5.74, 6) is 0.0415. The Morgan fingerprint density at radius 2 is 1.80 bits per heavy atom. The smallest absolute Gasteiger partial charge is 0.375 e. The molecule has 0 aliphatic carbocycles. The van der Waals surface area contributed by atoms with E-state index in [4.69, 9.17) is 0 Å². The van der Waals surface area contributed by atoms with Gasteiger partial charge in [0.2, 0.25) is 5.56 Å². The zero-order chi connectivity index (χ0) is 12.1. The normalized spacial score (nSPS) is 10.3. The van der Waals surface area contributed by atoms with Crippen LogP contribution in [-0.2, 0) is 6.18 Å². The zero-order valence-corrected chi connectivity index (χ0v) is 8.70. The van der Waals surface area contributed by atoms with Gasteiger partial charge in [0.25, 0.3) is 0 Å². The molecular weight excluding hydrogens is 209 g/mol. The molecule has 0 spiro atoms. The summed E-state index contributed by atoms with van der Waals surface area (Å²) in [6, 6.07) is 1.35. The van der Waals surface area contributed by atoms with Crippen LogP contribution in [0.3, 0.4) is 0 Å². The van der Waals surface area contributed by atoms with Gasteiger partial charge in [-0.1, -0.05) is 13.8 Å². The van der Waals surface area contributed by atoms with Crippen LogP contribution in [0.4, 0.5) is 19.0 Å². The van der Waals surface area contributed by atoms with Gasteiger partial charge >= 0.3 is 6.18 Å². The largest absolute Gasteiger partial charge is 0.416 e. The zero-order valence-electron chi connectivity index (χ0n) is 8.70. The maximum Gasteiger partial charge on any atom is 0.416 e. The Kier molecular flexibility index (Phi) is 4.90. The standard InChI is InChI=1S/C7H7F3N2O.C2H6/c1-11-5-2-4(7(8,9)10)3-6(13)12-5;1-2/h2-3H,1H3,(H2,11,12,13);1-2H3. The number of nitrogens with one attached hydrogen (secondary N) is 2. The summed E-state index contributed by atoms with van der Waals surface area (Å²) in [5, 5.41) is 2.42. The molecular formula is C9H13F3N2O. The van der Waals surface area contributed by atoms with Crippen LogP contribution < -0.4 is 10.9 Å². The van der Waals surface area contributed by atoms with Crippen LogP contribution in [0.5, 0.6) is 0 Å². The maximum absolute atomic E-state index is 12.1. The number of aromatic nitrogens is 1. The van der Waals surface area contributed by atoms with Gasteiger partial charge < -0.3 is 10.3 Å². The number of hydrogen-bond acceptors (Lipinski definition) is 2. The number of alkyl halides is 3. The molecule has 0 saturated heterocycles. The first kappa shape index (κ1) is 13.5. The maximum atomic E-state index is 12.1. The molecule has 0 atom stereocenters.